The number of hydrogen-bond donors (Lipinski definition) is 0. The summed E-state index contributed by atoms with van der Waals surface area (Å²) in [6, 6.07) is 64.9. The van der Waals surface area contributed by atoms with Gasteiger partial charge in [0.05, 0.1) is 11.0 Å². The van der Waals surface area contributed by atoms with E-state index in [-0.39, 0.29) is 0 Å². The Kier molecular flexibility index (Phi) is 5.89. The van der Waals surface area contributed by atoms with Gasteiger partial charge in [0, 0.05) is 36.6 Å². The van der Waals surface area contributed by atoms with Crippen LogP contribution in [0.5, 0.6) is 0 Å². The second-order valence-corrected chi connectivity index (χ2v) is 14.3. The molecule has 2 heterocycles. The number of aromatic nitrogens is 1. The molecule has 50 heavy (non-hydrogen) atoms. The molecule has 2 heteroatoms. The van der Waals surface area contributed by atoms with Gasteiger partial charge in [-0.15, -0.1) is 11.3 Å². The maximum atomic E-state index is 2.42. The number of benzene rings is 9. The lowest BCUT2D eigenvalue weighted by molar-refractivity contribution is 1.18. The lowest BCUT2D eigenvalue weighted by Crippen LogP contribution is -1.94. The summed E-state index contributed by atoms with van der Waals surface area (Å²) in [7, 11) is 0. The molecule has 1 nitrogen and oxygen atoms in total. The molecule has 0 atom stereocenters. The number of rotatable bonds is 3. The van der Waals surface area contributed by atoms with Gasteiger partial charge in [-0.05, 0) is 84.9 Å². The molecule has 9 aromatic carbocycles. The van der Waals surface area contributed by atoms with Crippen molar-refractivity contribution in [3.63, 3.8) is 0 Å². The van der Waals surface area contributed by atoms with E-state index in [1.165, 1.54) is 102 Å². The van der Waals surface area contributed by atoms with Crippen LogP contribution in [0.25, 0.3) is 102 Å². The van der Waals surface area contributed by atoms with Gasteiger partial charge in [0.15, 0.2) is 0 Å². The molecular weight excluding hydrogens is 623 g/mol. The van der Waals surface area contributed by atoms with E-state index in [0.717, 1.165) is 0 Å². The third kappa shape index (κ3) is 3.94. The fourth-order valence-electron chi connectivity index (χ4n) is 8.39. The van der Waals surface area contributed by atoms with Crippen LogP contribution < -0.4 is 0 Å². The summed E-state index contributed by atoms with van der Waals surface area (Å²) >= 11 is 1.91. The standard InChI is InChI=1S/C48H29NS/c1-2-12-34-30(11-1)23-28-42-37-27-24-32(29-45(37)50-48(34)42)47-40-17-5-3-15-38(40)46(39-16-4-6-18-41(39)47)31-21-25-33(26-22-31)49-43-19-9-7-13-35(43)36-14-8-10-20-44(36)49/h1-29H. The lowest BCUT2D eigenvalue weighted by Gasteiger charge is -2.18. The minimum absolute atomic E-state index is 1.17. The Morgan fingerprint density at radius 1 is 0.340 bits per heavy atom. The molecule has 0 radical (unpaired) electrons. The number of para-hydroxylation sites is 2. The van der Waals surface area contributed by atoms with Crippen molar-refractivity contribution in [3.05, 3.63) is 176 Å². The topological polar surface area (TPSA) is 4.93 Å². The molecule has 0 N–H and O–H groups in total. The van der Waals surface area contributed by atoms with Gasteiger partial charge in [-0.3, -0.25) is 0 Å². The first-order chi connectivity index (χ1) is 24.8. The second kappa shape index (κ2) is 10.6. The van der Waals surface area contributed by atoms with Crippen molar-refractivity contribution in [2.45, 2.75) is 0 Å². The van der Waals surface area contributed by atoms with E-state index in [4.69, 9.17) is 0 Å². The maximum Gasteiger partial charge on any atom is 0.0541 e. The largest absolute Gasteiger partial charge is 0.309 e. The molecule has 0 amide bonds. The first-order valence-corrected chi connectivity index (χ1v) is 18.0. The predicted octanol–water partition coefficient (Wildman–Crippen LogP) is 13.9. The molecule has 0 saturated heterocycles. The van der Waals surface area contributed by atoms with Crippen LogP contribution in [0.2, 0.25) is 0 Å². The Hall–Kier alpha value is -6.22. The molecular formula is C48H29NS. The summed E-state index contributed by atoms with van der Waals surface area (Å²) in [4.78, 5) is 0. The highest BCUT2D eigenvalue weighted by Gasteiger charge is 2.18. The van der Waals surface area contributed by atoms with Crippen LogP contribution in [0.3, 0.4) is 0 Å². The molecule has 2 aromatic heterocycles. The summed E-state index contributed by atoms with van der Waals surface area (Å²) in [6.07, 6.45) is 0. The van der Waals surface area contributed by atoms with Crippen molar-refractivity contribution in [2.24, 2.45) is 0 Å². The van der Waals surface area contributed by atoms with Gasteiger partial charge in [-0.1, -0.05) is 146 Å². The number of fused-ring (bicyclic) bond motifs is 10. The summed E-state index contributed by atoms with van der Waals surface area (Å²) in [5.41, 5.74) is 8.68. The third-order valence-corrected chi connectivity index (χ3v) is 11.8. The minimum atomic E-state index is 1.17. The van der Waals surface area contributed by atoms with Crippen LogP contribution in [-0.4, -0.2) is 4.57 Å². The van der Waals surface area contributed by atoms with Crippen molar-refractivity contribution >= 4 is 85.6 Å². The quantitative estimate of drug-likeness (QED) is 0.168. The first-order valence-electron chi connectivity index (χ1n) is 17.2. The van der Waals surface area contributed by atoms with Gasteiger partial charge in [0.1, 0.15) is 0 Å². The van der Waals surface area contributed by atoms with E-state index >= 15 is 0 Å². The van der Waals surface area contributed by atoms with Crippen LogP contribution in [0.4, 0.5) is 0 Å². The van der Waals surface area contributed by atoms with E-state index in [1.54, 1.807) is 0 Å². The molecule has 232 valence electrons. The van der Waals surface area contributed by atoms with Gasteiger partial charge in [-0.25, -0.2) is 0 Å². The molecule has 0 bridgehead atoms. The average Bonchev–Trinajstić information content (AvgIpc) is 3.73. The molecule has 0 aliphatic heterocycles. The molecule has 0 spiro atoms. The highest BCUT2D eigenvalue weighted by Crippen LogP contribution is 2.46. The Morgan fingerprint density at radius 3 is 1.44 bits per heavy atom. The monoisotopic (exact) mass is 651 g/mol. The summed E-state index contributed by atoms with van der Waals surface area (Å²) < 4.78 is 5.08. The van der Waals surface area contributed by atoms with Gasteiger partial charge in [0.2, 0.25) is 0 Å². The van der Waals surface area contributed by atoms with Crippen LogP contribution in [0.15, 0.2) is 176 Å². The Balaban J connectivity index is 1.12. The highest BCUT2D eigenvalue weighted by molar-refractivity contribution is 7.26. The van der Waals surface area contributed by atoms with Gasteiger partial charge < -0.3 is 4.57 Å². The number of thiophene rings is 1. The van der Waals surface area contributed by atoms with E-state index in [2.05, 4.69) is 180 Å². The van der Waals surface area contributed by atoms with Crippen molar-refractivity contribution in [1.29, 1.82) is 0 Å². The zero-order valence-electron chi connectivity index (χ0n) is 27.1. The first kappa shape index (κ1) is 27.7. The van der Waals surface area contributed by atoms with Crippen molar-refractivity contribution in [2.75, 3.05) is 0 Å². The fourth-order valence-corrected chi connectivity index (χ4v) is 9.67. The molecule has 0 unspecified atom stereocenters. The maximum absolute atomic E-state index is 2.42. The second-order valence-electron chi connectivity index (χ2n) is 13.2. The third-order valence-electron chi connectivity index (χ3n) is 10.6. The number of nitrogens with zero attached hydrogens (tertiary/aromatic N) is 1. The van der Waals surface area contributed by atoms with Crippen LogP contribution >= 0.6 is 11.3 Å². The molecule has 11 aromatic rings. The van der Waals surface area contributed by atoms with Crippen LogP contribution in [0.1, 0.15) is 0 Å². The Labute approximate surface area is 292 Å². The van der Waals surface area contributed by atoms with Crippen molar-refractivity contribution in [1.82, 2.24) is 4.57 Å². The Bertz CT molecular complexity index is 3030. The van der Waals surface area contributed by atoms with Gasteiger partial charge in [0.25, 0.3) is 0 Å². The normalized spacial score (nSPS) is 12.0. The highest BCUT2D eigenvalue weighted by atomic mass is 32.1. The smallest absolute Gasteiger partial charge is 0.0541 e. The SMILES string of the molecule is c1ccc2c(c1)ccc1c3ccc(-c4c5ccccc5c(-c5ccc(-n6c7ccccc7c7ccccc76)cc5)c5ccccc45)cc3sc21. The molecule has 0 aliphatic rings. The summed E-state index contributed by atoms with van der Waals surface area (Å²) in [5, 5.41) is 12.9. The molecule has 0 aliphatic carbocycles. The van der Waals surface area contributed by atoms with E-state index < -0.39 is 0 Å². The summed E-state index contributed by atoms with van der Waals surface area (Å²) in [6.45, 7) is 0. The number of hydrogen-bond acceptors (Lipinski definition) is 1. The van der Waals surface area contributed by atoms with Gasteiger partial charge >= 0.3 is 0 Å². The van der Waals surface area contributed by atoms with Crippen molar-refractivity contribution < 1.29 is 0 Å². The van der Waals surface area contributed by atoms with Crippen LogP contribution in [0, 0.1) is 0 Å². The van der Waals surface area contributed by atoms with Crippen LogP contribution in [-0.2, 0) is 0 Å². The van der Waals surface area contributed by atoms with Crippen molar-refractivity contribution in [3.8, 4) is 27.9 Å². The predicted molar refractivity (Wildman–Crippen MR) is 217 cm³/mol. The van der Waals surface area contributed by atoms with Gasteiger partial charge in [-0.2, -0.15) is 0 Å². The Morgan fingerprint density at radius 2 is 0.820 bits per heavy atom. The minimum Gasteiger partial charge on any atom is -0.309 e. The fraction of sp³-hybridized carbons (Fsp3) is 0. The summed E-state index contributed by atoms with van der Waals surface area (Å²) in [5.74, 6) is 0. The zero-order chi connectivity index (χ0) is 32.8. The molecule has 0 fully saturated rings. The van der Waals surface area contributed by atoms with E-state index in [0.29, 0.717) is 0 Å². The van der Waals surface area contributed by atoms with E-state index in [1.807, 2.05) is 11.3 Å². The van der Waals surface area contributed by atoms with E-state index in [9.17, 15) is 0 Å². The molecule has 0 saturated carbocycles. The molecule has 11 rings (SSSR count). The lowest BCUT2D eigenvalue weighted by atomic mass is 9.86. The average molecular weight is 652 g/mol. The zero-order valence-corrected chi connectivity index (χ0v) is 27.9.